The first-order valence-electron chi connectivity index (χ1n) is 6.44. The third-order valence-electron chi connectivity index (χ3n) is 2.83. The summed E-state index contributed by atoms with van der Waals surface area (Å²) in [7, 11) is 3.36. The highest BCUT2D eigenvalue weighted by molar-refractivity contribution is 5.59. The summed E-state index contributed by atoms with van der Waals surface area (Å²) in [6.45, 7) is 5.22. The Balaban J connectivity index is 2.89. The van der Waals surface area contributed by atoms with Crippen LogP contribution >= 0.6 is 0 Å². The lowest BCUT2D eigenvalue weighted by Crippen LogP contribution is -2.17. The second-order valence-electron chi connectivity index (χ2n) is 4.72. The Bertz CT molecular complexity index is 431. The molecule has 1 atom stereocenters. The number of anilines is 1. The van der Waals surface area contributed by atoms with E-state index in [0.717, 1.165) is 6.42 Å². The SMILES string of the molecule is CCCc1nn(C)c(NCC(C)COC)c1[N+](=O)[O-]. The molecule has 1 N–H and O–H groups in total. The van der Waals surface area contributed by atoms with Crippen LogP contribution in [-0.4, -0.2) is 35.0 Å². The Morgan fingerprint density at radius 3 is 2.79 bits per heavy atom. The van der Waals surface area contributed by atoms with E-state index in [-0.39, 0.29) is 16.5 Å². The van der Waals surface area contributed by atoms with Crippen molar-refractivity contribution in [3.05, 3.63) is 15.8 Å². The van der Waals surface area contributed by atoms with E-state index in [1.165, 1.54) is 0 Å². The van der Waals surface area contributed by atoms with Gasteiger partial charge in [0.15, 0.2) is 0 Å². The number of aryl methyl sites for hydroxylation is 2. The van der Waals surface area contributed by atoms with E-state index >= 15 is 0 Å². The Kier molecular flexibility index (Phi) is 5.75. The minimum absolute atomic E-state index is 0.0916. The highest BCUT2D eigenvalue weighted by Gasteiger charge is 2.26. The van der Waals surface area contributed by atoms with Crippen LogP contribution in [0.15, 0.2) is 0 Å². The molecule has 108 valence electrons. The van der Waals surface area contributed by atoms with E-state index in [2.05, 4.69) is 10.4 Å². The van der Waals surface area contributed by atoms with E-state index in [1.54, 1.807) is 18.8 Å². The number of methoxy groups -OCH3 is 1. The van der Waals surface area contributed by atoms with Gasteiger partial charge < -0.3 is 10.1 Å². The smallest absolute Gasteiger partial charge is 0.333 e. The van der Waals surface area contributed by atoms with Crippen LogP contribution in [0.4, 0.5) is 11.5 Å². The van der Waals surface area contributed by atoms with E-state index in [4.69, 9.17) is 4.74 Å². The molecular weight excluding hydrogens is 248 g/mol. The summed E-state index contributed by atoms with van der Waals surface area (Å²) in [5, 5.41) is 18.5. The first-order valence-corrected chi connectivity index (χ1v) is 6.44. The topological polar surface area (TPSA) is 82.2 Å². The Morgan fingerprint density at radius 1 is 1.58 bits per heavy atom. The number of ether oxygens (including phenoxy) is 1. The molecule has 1 aromatic rings. The fourth-order valence-electron chi connectivity index (χ4n) is 1.98. The molecule has 0 saturated heterocycles. The third kappa shape index (κ3) is 3.92. The summed E-state index contributed by atoms with van der Waals surface area (Å²) in [5.74, 6) is 0.741. The first-order chi connectivity index (χ1) is 9.01. The van der Waals surface area contributed by atoms with Crippen LogP contribution < -0.4 is 5.32 Å². The predicted molar refractivity (Wildman–Crippen MR) is 73.4 cm³/mol. The van der Waals surface area contributed by atoms with Gasteiger partial charge in [0.1, 0.15) is 5.69 Å². The van der Waals surface area contributed by atoms with E-state index in [0.29, 0.717) is 31.1 Å². The maximum atomic E-state index is 11.2. The van der Waals surface area contributed by atoms with Gasteiger partial charge >= 0.3 is 5.69 Å². The first kappa shape index (κ1) is 15.4. The number of nitrogens with zero attached hydrogens (tertiary/aromatic N) is 3. The standard InChI is InChI=1S/C12H22N4O3/c1-5-6-10-11(16(17)18)12(15(3)14-10)13-7-9(2)8-19-4/h9,13H,5-8H2,1-4H3. The molecule has 0 saturated carbocycles. The predicted octanol–water partition coefficient (Wildman–Crippen LogP) is 1.98. The second-order valence-corrected chi connectivity index (χ2v) is 4.72. The van der Waals surface area contributed by atoms with Crippen molar-refractivity contribution < 1.29 is 9.66 Å². The molecule has 0 amide bonds. The average Bonchev–Trinajstić information content (AvgIpc) is 2.64. The van der Waals surface area contributed by atoms with Gasteiger partial charge in [0.25, 0.3) is 0 Å². The van der Waals surface area contributed by atoms with E-state index in [9.17, 15) is 10.1 Å². The van der Waals surface area contributed by atoms with Gasteiger partial charge in [0.05, 0.1) is 11.5 Å². The molecule has 7 nitrogen and oxygen atoms in total. The maximum Gasteiger partial charge on any atom is 0.333 e. The summed E-state index contributed by atoms with van der Waals surface area (Å²) in [5.41, 5.74) is 0.630. The third-order valence-corrected chi connectivity index (χ3v) is 2.83. The zero-order valence-corrected chi connectivity index (χ0v) is 12.0. The number of nitrogens with one attached hydrogen (secondary N) is 1. The average molecular weight is 270 g/mol. The van der Waals surface area contributed by atoms with Crippen LogP contribution in [0.3, 0.4) is 0 Å². The van der Waals surface area contributed by atoms with Crippen molar-refractivity contribution >= 4 is 11.5 Å². The molecule has 0 aliphatic carbocycles. The number of hydrogen-bond donors (Lipinski definition) is 1. The molecule has 0 aliphatic rings. The van der Waals surface area contributed by atoms with E-state index in [1.807, 2.05) is 13.8 Å². The van der Waals surface area contributed by atoms with Gasteiger partial charge in [-0.1, -0.05) is 20.3 Å². The molecule has 0 radical (unpaired) electrons. The Morgan fingerprint density at radius 2 is 2.26 bits per heavy atom. The van der Waals surface area contributed by atoms with Gasteiger partial charge in [-0.2, -0.15) is 5.10 Å². The van der Waals surface area contributed by atoms with Crippen LogP contribution in [0.25, 0.3) is 0 Å². The summed E-state index contributed by atoms with van der Waals surface area (Å²) >= 11 is 0. The van der Waals surface area contributed by atoms with E-state index < -0.39 is 0 Å². The van der Waals surface area contributed by atoms with Gasteiger partial charge in [-0.15, -0.1) is 0 Å². The van der Waals surface area contributed by atoms with Gasteiger partial charge in [0.2, 0.25) is 5.82 Å². The lowest BCUT2D eigenvalue weighted by Gasteiger charge is -2.12. The zero-order valence-electron chi connectivity index (χ0n) is 12.0. The number of nitro groups is 1. The van der Waals surface area contributed by atoms with Crippen molar-refractivity contribution in [1.82, 2.24) is 9.78 Å². The number of rotatable bonds is 8. The highest BCUT2D eigenvalue weighted by Crippen LogP contribution is 2.29. The number of aromatic nitrogens is 2. The molecule has 19 heavy (non-hydrogen) atoms. The molecule has 0 aromatic carbocycles. The van der Waals surface area contributed by atoms with Crippen molar-refractivity contribution in [3.8, 4) is 0 Å². The molecular formula is C12H22N4O3. The molecule has 1 heterocycles. The molecule has 0 bridgehead atoms. The Hall–Kier alpha value is -1.63. The minimum atomic E-state index is -0.360. The fourth-order valence-corrected chi connectivity index (χ4v) is 1.98. The van der Waals surface area contributed by atoms with Crippen molar-refractivity contribution in [2.24, 2.45) is 13.0 Å². The fraction of sp³-hybridized carbons (Fsp3) is 0.750. The molecule has 1 unspecified atom stereocenters. The van der Waals surface area contributed by atoms with Crippen molar-refractivity contribution in [3.63, 3.8) is 0 Å². The molecule has 1 aromatic heterocycles. The summed E-state index contributed by atoms with van der Waals surface area (Å²) < 4.78 is 6.59. The van der Waals surface area contributed by atoms with Crippen molar-refractivity contribution in [2.75, 3.05) is 25.6 Å². The summed E-state index contributed by atoms with van der Waals surface area (Å²) in [4.78, 5) is 10.8. The molecule has 0 spiro atoms. The molecule has 0 aliphatic heterocycles. The second kappa shape index (κ2) is 7.08. The summed E-state index contributed by atoms with van der Waals surface area (Å²) in [6.07, 6.45) is 1.44. The van der Waals surface area contributed by atoms with Gasteiger partial charge in [-0.05, 0) is 12.3 Å². The molecule has 1 rings (SSSR count). The van der Waals surface area contributed by atoms with Crippen LogP contribution in [-0.2, 0) is 18.2 Å². The van der Waals surface area contributed by atoms with Crippen LogP contribution in [0, 0.1) is 16.0 Å². The van der Waals surface area contributed by atoms with Gasteiger partial charge in [0, 0.05) is 20.7 Å². The quantitative estimate of drug-likeness (QED) is 0.577. The maximum absolute atomic E-state index is 11.2. The van der Waals surface area contributed by atoms with Gasteiger partial charge in [-0.25, -0.2) is 4.68 Å². The lowest BCUT2D eigenvalue weighted by atomic mass is 10.2. The highest BCUT2D eigenvalue weighted by atomic mass is 16.6. The lowest BCUT2D eigenvalue weighted by molar-refractivity contribution is -0.384. The monoisotopic (exact) mass is 270 g/mol. The zero-order chi connectivity index (χ0) is 14.4. The molecule has 0 fully saturated rings. The van der Waals surface area contributed by atoms with Crippen LogP contribution in [0.5, 0.6) is 0 Å². The van der Waals surface area contributed by atoms with Crippen LogP contribution in [0.1, 0.15) is 26.0 Å². The number of hydrogen-bond acceptors (Lipinski definition) is 5. The summed E-state index contributed by atoms with van der Waals surface area (Å²) in [6, 6.07) is 0. The molecule has 7 heteroatoms. The largest absolute Gasteiger partial charge is 0.384 e. The van der Waals surface area contributed by atoms with Gasteiger partial charge in [-0.3, -0.25) is 10.1 Å². The minimum Gasteiger partial charge on any atom is -0.384 e. The van der Waals surface area contributed by atoms with Crippen molar-refractivity contribution in [1.29, 1.82) is 0 Å². The Labute approximate surface area is 113 Å². The van der Waals surface area contributed by atoms with Crippen LogP contribution in [0.2, 0.25) is 0 Å². The normalized spacial score (nSPS) is 12.4. The van der Waals surface area contributed by atoms with Crippen molar-refractivity contribution in [2.45, 2.75) is 26.7 Å².